The largest absolute Gasteiger partial charge is 0.217 e. The molecule has 2 atom stereocenters. The van der Waals surface area contributed by atoms with Gasteiger partial charge < -0.3 is 0 Å². The minimum atomic E-state index is 0.251. The lowest BCUT2D eigenvalue weighted by atomic mass is 9.59. The average Bonchev–Trinajstić information content (AvgIpc) is 2.83. The first-order valence-electron chi connectivity index (χ1n) is 11.8. The van der Waals surface area contributed by atoms with E-state index in [2.05, 4.69) is 117 Å². The Morgan fingerprint density at radius 1 is 0.576 bits per heavy atom. The summed E-state index contributed by atoms with van der Waals surface area (Å²) >= 11 is 0. The summed E-state index contributed by atoms with van der Waals surface area (Å²) in [4.78, 5) is 0. The van der Waals surface area contributed by atoms with Crippen LogP contribution in [0.4, 0.5) is 0 Å². The Hall–Kier alpha value is -3.71. The number of pyridine rings is 1. The number of aromatic nitrogens is 1. The topological polar surface area (TPSA) is 3.88 Å². The molecule has 5 aromatic rings. The van der Waals surface area contributed by atoms with Gasteiger partial charge in [-0.3, -0.25) is 0 Å². The number of aryl methyl sites for hydroxylation is 3. The molecule has 1 heterocycles. The second-order valence-corrected chi connectivity index (χ2v) is 9.74. The minimum Gasteiger partial charge on any atom is -0.200 e. The Morgan fingerprint density at radius 2 is 1.12 bits per heavy atom. The van der Waals surface area contributed by atoms with Crippen LogP contribution in [-0.4, -0.2) is 0 Å². The SMILES string of the molecule is Cc1ccccc1-c1c2c(c(C)c[n+]1C)C1c3ccccc3C2c2cc3ccccc3cc21. The molecule has 0 saturated heterocycles. The van der Waals surface area contributed by atoms with E-state index in [0.717, 1.165) is 0 Å². The second kappa shape index (κ2) is 6.65. The van der Waals surface area contributed by atoms with Crippen LogP contribution in [0.2, 0.25) is 0 Å². The van der Waals surface area contributed by atoms with Crippen molar-refractivity contribution in [2.24, 2.45) is 7.05 Å². The van der Waals surface area contributed by atoms with Gasteiger partial charge in [-0.05, 0) is 76.2 Å². The van der Waals surface area contributed by atoms with Crippen molar-refractivity contribution >= 4 is 10.8 Å². The highest BCUT2D eigenvalue weighted by atomic mass is 14.9. The molecule has 2 bridgehead atoms. The van der Waals surface area contributed by atoms with Gasteiger partial charge in [0, 0.05) is 28.5 Å². The molecule has 0 N–H and O–H groups in total. The molecule has 158 valence electrons. The molecule has 4 aromatic carbocycles. The third-order valence-electron chi connectivity index (χ3n) is 7.88. The Morgan fingerprint density at radius 3 is 1.76 bits per heavy atom. The zero-order chi connectivity index (χ0) is 22.3. The minimum absolute atomic E-state index is 0.251. The smallest absolute Gasteiger partial charge is 0.200 e. The van der Waals surface area contributed by atoms with E-state index in [9.17, 15) is 0 Å². The fourth-order valence-corrected chi connectivity index (χ4v) is 6.57. The normalized spacial score (nSPS) is 17.5. The van der Waals surface area contributed by atoms with Crippen molar-refractivity contribution in [3.05, 3.63) is 136 Å². The molecule has 0 amide bonds. The fraction of sp³-hybridized carbons (Fsp3) is 0.156. The summed E-state index contributed by atoms with van der Waals surface area (Å²) in [7, 11) is 2.21. The van der Waals surface area contributed by atoms with Crippen molar-refractivity contribution in [2.45, 2.75) is 25.7 Å². The second-order valence-electron chi connectivity index (χ2n) is 9.74. The van der Waals surface area contributed by atoms with Crippen molar-refractivity contribution in [1.29, 1.82) is 0 Å². The van der Waals surface area contributed by atoms with Crippen molar-refractivity contribution in [2.75, 3.05) is 0 Å². The number of fused-ring (bicyclic) bond motifs is 1. The van der Waals surface area contributed by atoms with Crippen LogP contribution in [-0.2, 0) is 7.05 Å². The molecule has 33 heavy (non-hydrogen) atoms. The van der Waals surface area contributed by atoms with E-state index in [4.69, 9.17) is 0 Å². The van der Waals surface area contributed by atoms with Gasteiger partial charge in [0.2, 0.25) is 5.69 Å². The van der Waals surface area contributed by atoms with Crippen molar-refractivity contribution in [1.82, 2.24) is 0 Å². The van der Waals surface area contributed by atoms with Gasteiger partial charge in [-0.25, -0.2) is 4.57 Å². The Balaban J connectivity index is 1.64. The number of rotatable bonds is 1. The molecule has 2 unspecified atom stereocenters. The fourth-order valence-electron chi connectivity index (χ4n) is 6.57. The summed E-state index contributed by atoms with van der Waals surface area (Å²) in [6.07, 6.45) is 2.34. The molecule has 1 heteroatoms. The zero-order valence-corrected chi connectivity index (χ0v) is 19.3. The third kappa shape index (κ3) is 2.45. The summed E-state index contributed by atoms with van der Waals surface area (Å²) in [6, 6.07) is 31.7. The van der Waals surface area contributed by atoms with E-state index in [1.165, 1.54) is 66.5 Å². The predicted octanol–water partition coefficient (Wildman–Crippen LogP) is 6.94. The Kier molecular flexibility index (Phi) is 3.79. The first kappa shape index (κ1) is 18.8. The van der Waals surface area contributed by atoms with Crippen molar-refractivity contribution < 1.29 is 4.57 Å². The molecule has 0 radical (unpaired) electrons. The van der Waals surface area contributed by atoms with Gasteiger partial charge in [-0.1, -0.05) is 66.7 Å². The van der Waals surface area contributed by atoms with Crippen molar-refractivity contribution in [3.8, 4) is 11.3 Å². The van der Waals surface area contributed by atoms with Crippen LogP contribution >= 0.6 is 0 Å². The number of benzene rings is 4. The summed E-state index contributed by atoms with van der Waals surface area (Å²) in [5.74, 6) is 0.534. The van der Waals surface area contributed by atoms with Gasteiger partial charge in [0.15, 0.2) is 6.20 Å². The van der Waals surface area contributed by atoms with Crippen LogP contribution in [0.5, 0.6) is 0 Å². The van der Waals surface area contributed by atoms with E-state index in [1.807, 2.05) is 0 Å². The molecule has 1 aromatic heterocycles. The molecule has 3 aliphatic rings. The van der Waals surface area contributed by atoms with Crippen molar-refractivity contribution in [3.63, 3.8) is 0 Å². The Labute approximate surface area is 195 Å². The van der Waals surface area contributed by atoms with Crippen LogP contribution in [0.1, 0.15) is 56.3 Å². The van der Waals surface area contributed by atoms with Crippen LogP contribution in [0, 0.1) is 13.8 Å². The summed E-state index contributed by atoms with van der Waals surface area (Å²) in [5, 5.41) is 2.67. The third-order valence-corrected chi connectivity index (χ3v) is 7.88. The van der Waals surface area contributed by atoms with Gasteiger partial charge in [-0.15, -0.1) is 0 Å². The first-order valence-corrected chi connectivity index (χ1v) is 11.8. The van der Waals surface area contributed by atoms with E-state index >= 15 is 0 Å². The summed E-state index contributed by atoms with van der Waals surface area (Å²) in [5.41, 5.74) is 14.3. The maximum Gasteiger partial charge on any atom is 0.217 e. The molecule has 0 aliphatic heterocycles. The Bertz CT molecular complexity index is 1610. The number of hydrogen-bond donors (Lipinski definition) is 0. The summed E-state index contributed by atoms with van der Waals surface area (Å²) < 4.78 is 2.36. The highest BCUT2D eigenvalue weighted by Gasteiger charge is 2.46. The lowest BCUT2D eigenvalue weighted by molar-refractivity contribution is -0.661. The lowest BCUT2D eigenvalue weighted by Gasteiger charge is -2.43. The molecular weight excluding hydrogens is 398 g/mol. The zero-order valence-electron chi connectivity index (χ0n) is 19.3. The maximum absolute atomic E-state index is 2.46. The molecule has 1 nitrogen and oxygen atoms in total. The van der Waals surface area contributed by atoms with Crippen LogP contribution in [0.3, 0.4) is 0 Å². The van der Waals surface area contributed by atoms with Gasteiger partial charge in [0.25, 0.3) is 0 Å². The van der Waals surface area contributed by atoms with Gasteiger partial charge in [-0.2, -0.15) is 0 Å². The quantitative estimate of drug-likeness (QED) is 0.251. The number of nitrogens with zero attached hydrogens (tertiary/aromatic N) is 1. The van der Waals surface area contributed by atoms with E-state index < -0.39 is 0 Å². The highest BCUT2D eigenvalue weighted by Crippen LogP contribution is 2.58. The molecule has 0 fully saturated rings. The summed E-state index contributed by atoms with van der Waals surface area (Å²) in [6.45, 7) is 4.53. The van der Waals surface area contributed by atoms with Gasteiger partial charge >= 0.3 is 0 Å². The predicted molar refractivity (Wildman–Crippen MR) is 135 cm³/mol. The molecule has 0 spiro atoms. The maximum atomic E-state index is 2.46. The molecular formula is C32H26N+. The van der Waals surface area contributed by atoms with E-state index in [0.29, 0.717) is 0 Å². The van der Waals surface area contributed by atoms with E-state index in [1.54, 1.807) is 0 Å². The van der Waals surface area contributed by atoms with Crippen LogP contribution < -0.4 is 4.57 Å². The van der Waals surface area contributed by atoms with Crippen LogP contribution in [0.15, 0.2) is 91.1 Å². The molecule has 3 aliphatic carbocycles. The highest BCUT2D eigenvalue weighted by molar-refractivity contribution is 5.88. The molecule has 0 saturated carbocycles. The lowest BCUT2D eigenvalue weighted by Crippen LogP contribution is -2.38. The number of hydrogen-bond acceptors (Lipinski definition) is 0. The first-order chi connectivity index (χ1) is 16.1. The van der Waals surface area contributed by atoms with Crippen LogP contribution in [0.25, 0.3) is 22.0 Å². The molecule has 8 rings (SSSR count). The van der Waals surface area contributed by atoms with E-state index in [-0.39, 0.29) is 11.8 Å². The standard InChI is InChI=1S/C32H26N/c1-19-10-4-7-13-23(19)32-31-28(20(2)18-33(32)3)29-24-14-8-9-15-25(24)30(31)27-17-22-12-6-5-11-21(22)16-26(27)29/h4-18,29-30H,1-3H3/q+1. The monoisotopic (exact) mass is 424 g/mol. The van der Waals surface area contributed by atoms with Gasteiger partial charge in [0.05, 0.1) is 0 Å². The average molecular weight is 425 g/mol. The van der Waals surface area contributed by atoms with Gasteiger partial charge in [0.1, 0.15) is 7.05 Å².